The van der Waals surface area contributed by atoms with Crippen LogP contribution in [0.3, 0.4) is 0 Å². The van der Waals surface area contributed by atoms with Gasteiger partial charge in [-0.25, -0.2) is 14.6 Å². The molecule has 0 saturated heterocycles. The van der Waals surface area contributed by atoms with Crippen LogP contribution in [0, 0.1) is 0 Å². The second kappa shape index (κ2) is 4.37. The number of rotatable bonds is 2. The highest BCUT2D eigenvalue weighted by atomic mass is 16.2. The minimum Gasteiger partial charge on any atom is -0.271 e. The van der Waals surface area contributed by atoms with E-state index in [2.05, 4.69) is 20.3 Å². The van der Waals surface area contributed by atoms with Crippen molar-refractivity contribution in [3.8, 4) is 16.9 Å². The summed E-state index contributed by atoms with van der Waals surface area (Å²) in [7, 11) is 0. The van der Waals surface area contributed by atoms with E-state index in [1.807, 2.05) is 24.4 Å². The molecule has 7 nitrogen and oxygen atoms in total. The molecule has 2 N–H and O–H groups in total. The SMILES string of the molecule is O=c1[nH]nc(-c2ccc(-n3cccn3)cc2)c(=O)[nH]1. The van der Waals surface area contributed by atoms with Crippen molar-refractivity contribution in [3.05, 3.63) is 63.6 Å². The highest BCUT2D eigenvalue weighted by Gasteiger charge is 2.06. The lowest BCUT2D eigenvalue weighted by atomic mass is 10.1. The molecule has 0 aliphatic heterocycles. The van der Waals surface area contributed by atoms with Crippen LogP contribution >= 0.6 is 0 Å². The van der Waals surface area contributed by atoms with Gasteiger partial charge in [0.25, 0.3) is 5.56 Å². The van der Waals surface area contributed by atoms with Gasteiger partial charge in [0.2, 0.25) is 0 Å². The molecule has 3 aromatic rings. The van der Waals surface area contributed by atoms with Gasteiger partial charge >= 0.3 is 5.69 Å². The van der Waals surface area contributed by atoms with E-state index in [9.17, 15) is 9.59 Å². The summed E-state index contributed by atoms with van der Waals surface area (Å²) in [5, 5.41) is 10.0. The summed E-state index contributed by atoms with van der Waals surface area (Å²) < 4.78 is 1.70. The van der Waals surface area contributed by atoms with E-state index in [0.717, 1.165) is 5.69 Å². The maximum Gasteiger partial charge on any atom is 0.342 e. The second-order valence-electron chi connectivity index (χ2n) is 3.85. The molecule has 94 valence electrons. The number of hydrogen-bond acceptors (Lipinski definition) is 4. The fourth-order valence-corrected chi connectivity index (χ4v) is 1.74. The van der Waals surface area contributed by atoms with Crippen molar-refractivity contribution >= 4 is 0 Å². The van der Waals surface area contributed by atoms with Crippen molar-refractivity contribution in [2.75, 3.05) is 0 Å². The summed E-state index contributed by atoms with van der Waals surface area (Å²) in [5.41, 5.74) is 0.520. The van der Waals surface area contributed by atoms with Crippen LogP contribution in [0.15, 0.2) is 52.3 Å². The number of H-pyrrole nitrogens is 2. The number of nitrogens with one attached hydrogen (secondary N) is 2. The molecule has 3 rings (SSSR count). The van der Waals surface area contributed by atoms with E-state index < -0.39 is 11.2 Å². The average Bonchev–Trinajstić information content (AvgIpc) is 2.93. The van der Waals surface area contributed by atoms with Crippen LogP contribution in [-0.2, 0) is 0 Å². The maximum absolute atomic E-state index is 11.6. The van der Waals surface area contributed by atoms with Gasteiger partial charge in [-0.05, 0) is 18.2 Å². The molecule has 2 heterocycles. The van der Waals surface area contributed by atoms with Crippen molar-refractivity contribution in [2.45, 2.75) is 0 Å². The Morgan fingerprint density at radius 3 is 2.53 bits per heavy atom. The van der Waals surface area contributed by atoms with Gasteiger partial charge in [0.1, 0.15) is 0 Å². The Labute approximate surface area is 106 Å². The summed E-state index contributed by atoms with van der Waals surface area (Å²) in [6.45, 7) is 0. The molecular formula is C12H9N5O2. The Kier molecular flexibility index (Phi) is 2.57. The molecule has 0 amide bonds. The van der Waals surface area contributed by atoms with Gasteiger partial charge in [-0.15, -0.1) is 0 Å². The Bertz CT molecular complexity index is 799. The molecule has 0 fully saturated rings. The third-order valence-corrected chi connectivity index (χ3v) is 2.62. The molecule has 0 aliphatic carbocycles. The van der Waals surface area contributed by atoms with Crippen LogP contribution in [0.5, 0.6) is 0 Å². The Morgan fingerprint density at radius 1 is 1.11 bits per heavy atom. The first-order chi connectivity index (χ1) is 9.24. The predicted octanol–water partition coefficient (Wildman–Crippen LogP) is 0.311. The maximum atomic E-state index is 11.6. The van der Waals surface area contributed by atoms with E-state index in [-0.39, 0.29) is 5.69 Å². The lowest BCUT2D eigenvalue weighted by Gasteiger charge is -2.02. The molecule has 0 aliphatic rings. The molecule has 0 unspecified atom stereocenters. The zero-order chi connectivity index (χ0) is 13.2. The molecular weight excluding hydrogens is 246 g/mol. The van der Waals surface area contributed by atoms with Crippen LogP contribution < -0.4 is 11.2 Å². The molecule has 7 heteroatoms. The second-order valence-corrected chi connectivity index (χ2v) is 3.85. The fourth-order valence-electron chi connectivity index (χ4n) is 1.74. The molecule has 0 bridgehead atoms. The number of aromatic amines is 2. The summed E-state index contributed by atoms with van der Waals surface area (Å²) in [5.74, 6) is 0. The van der Waals surface area contributed by atoms with Crippen LogP contribution in [-0.4, -0.2) is 25.0 Å². The smallest absolute Gasteiger partial charge is 0.271 e. The van der Waals surface area contributed by atoms with Gasteiger partial charge in [0.05, 0.1) is 5.69 Å². The van der Waals surface area contributed by atoms with E-state index in [1.165, 1.54) is 0 Å². The fraction of sp³-hybridized carbons (Fsp3) is 0. The lowest BCUT2D eigenvalue weighted by molar-refractivity contribution is 0.879. The largest absolute Gasteiger partial charge is 0.342 e. The van der Waals surface area contributed by atoms with E-state index in [4.69, 9.17) is 0 Å². The quantitative estimate of drug-likeness (QED) is 0.688. The number of aromatic nitrogens is 5. The van der Waals surface area contributed by atoms with Gasteiger partial charge in [0, 0.05) is 18.0 Å². The summed E-state index contributed by atoms with van der Waals surface area (Å²) >= 11 is 0. The van der Waals surface area contributed by atoms with Gasteiger partial charge < -0.3 is 0 Å². The van der Waals surface area contributed by atoms with E-state index in [1.54, 1.807) is 23.0 Å². The van der Waals surface area contributed by atoms with Crippen molar-refractivity contribution in [1.29, 1.82) is 0 Å². The monoisotopic (exact) mass is 255 g/mol. The number of nitrogens with zero attached hydrogens (tertiary/aromatic N) is 3. The molecule has 0 atom stereocenters. The zero-order valence-electron chi connectivity index (χ0n) is 9.70. The minimum atomic E-state index is -0.623. The Hall–Kier alpha value is -2.96. The van der Waals surface area contributed by atoms with Crippen LogP contribution in [0.25, 0.3) is 16.9 Å². The van der Waals surface area contributed by atoms with Crippen LogP contribution in [0.2, 0.25) is 0 Å². The third kappa shape index (κ3) is 2.08. The predicted molar refractivity (Wildman–Crippen MR) is 68.0 cm³/mol. The molecule has 0 spiro atoms. The summed E-state index contributed by atoms with van der Waals surface area (Å²) in [4.78, 5) is 24.6. The highest BCUT2D eigenvalue weighted by molar-refractivity contribution is 5.59. The van der Waals surface area contributed by atoms with Crippen molar-refractivity contribution in [3.63, 3.8) is 0 Å². The summed E-state index contributed by atoms with van der Waals surface area (Å²) in [6.07, 6.45) is 3.50. The van der Waals surface area contributed by atoms with E-state index >= 15 is 0 Å². The molecule has 0 radical (unpaired) electrons. The Morgan fingerprint density at radius 2 is 1.89 bits per heavy atom. The van der Waals surface area contributed by atoms with Gasteiger partial charge in [-0.1, -0.05) is 12.1 Å². The number of benzene rings is 1. The minimum absolute atomic E-state index is 0.173. The first-order valence-electron chi connectivity index (χ1n) is 5.53. The van der Waals surface area contributed by atoms with Crippen molar-refractivity contribution in [2.24, 2.45) is 0 Å². The average molecular weight is 255 g/mol. The van der Waals surface area contributed by atoms with Crippen molar-refractivity contribution in [1.82, 2.24) is 25.0 Å². The summed E-state index contributed by atoms with van der Waals surface area (Å²) in [6, 6.07) is 8.94. The first kappa shape index (κ1) is 11.1. The van der Waals surface area contributed by atoms with Crippen molar-refractivity contribution < 1.29 is 0 Å². The number of hydrogen-bond donors (Lipinski definition) is 2. The topological polar surface area (TPSA) is 96.4 Å². The lowest BCUT2D eigenvalue weighted by Crippen LogP contribution is -2.25. The zero-order valence-corrected chi connectivity index (χ0v) is 9.70. The standard InChI is InChI=1S/C12H9N5O2/c18-11-10(15-16-12(19)14-11)8-2-4-9(5-3-8)17-7-1-6-13-17/h1-7H,(H2,14,16,18,19). The van der Waals surface area contributed by atoms with Gasteiger partial charge in [-0.2, -0.15) is 10.2 Å². The van der Waals surface area contributed by atoms with Crippen LogP contribution in [0.4, 0.5) is 0 Å². The van der Waals surface area contributed by atoms with E-state index in [0.29, 0.717) is 5.56 Å². The third-order valence-electron chi connectivity index (χ3n) is 2.62. The molecule has 0 saturated carbocycles. The first-order valence-corrected chi connectivity index (χ1v) is 5.53. The Balaban J connectivity index is 2.03. The normalized spacial score (nSPS) is 10.5. The molecule has 2 aromatic heterocycles. The molecule has 19 heavy (non-hydrogen) atoms. The van der Waals surface area contributed by atoms with Gasteiger partial charge in [-0.3, -0.25) is 9.78 Å². The molecule has 1 aromatic carbocycles. The highest BCUT2D eigenvalue weighted by Crippen LogP contribution is 2.14. The van der Waals surface area contributed by atoms with Gasteiger partial charge in [0.15, 0.2) is 5.69 Å². The van der Waals surface area contributed by atoms with Crippen LogP contribution in [0.1, 0.15) is 0 Å².